The van der Waals surface area contributed by atoms with Crippen LogP contribution in [0, 0.1) is 10.8 Å². The van der Waals surface area contributed by atoms with Crippen molar-refractivity contribution in [3.63, 3.8) is 0 Å². The summed E-state index contributed by atoms with van der Waals surface area (Å²) in [5.74, 6) is -3.14. The Kier molecular flexibility index (Phi) is 15.4. The summed E-state index contributed by atoms with van der Waals surface area (Å²) in [6.07, 6.45) is -8.05. The third-order valence-corrected chi connectivity index (χ3v) is 6.80. The highest BCUT2D eigenvalue weighted by Gasteiger charge is 2.52. The number of anilines is 1. The number of ether oxygens (including phenoxy) is 9. The molecule has 1 aliphatic rings. The molecule has 20 nitrogen and oxygen atoms in total. The zero-order valence-corrected chi connectivity index (χ0v) is 27.9. The first-order valence-electron chi connectivity index (χ1n) is 15.1. The van der Waals surface area contributed by atoms with Gasteiger partial charge in [0, 0.05) is 31.2 Å². The monoisotopic (exact) mass is 717 g/mol. The van der Waals surface area contributed by atoms with Crippen molar-refractivity contribution in [2.45, 2.75) is 52.0 Å². The molecule has 274 valence electrons. The van der Waals surface area contributed by atoms with Crippen molar-refractivity contribution < 1.29 is 66.6 Å². The van der Waals surface area contributed by atoms with Gasteiger partial charge in [-0.3, -0.25) is 14.9 Å². The summed E-state index contributed by atoms with van der Waals surface area (Å²) in [4.78, 5) is 75.0. The van der Waals surface area contributed by atoms with E-state index in [9.17, 15) is 28.9 Å². The van der Waals surface area contributed by atoms with Gasteiger partial charge in [-0.1, -0.05) is 18.1 Å². The summed E-state index contributed by atoms with van der Waals surface area (Å²) in [5.41, 5.74) is 8.99. The van der Waals surface area contributed by atoms with Gasteiger partial charge in [0.25, 0.3) is 0 Å². The van der Waals surface area contributed by atoms with Crippen molar-refractivity contribution in [2.24, 2.45) is 16.2 Å². The molecule has 0 radical (unpaired) electrons. The quantitative estimate of drug-likeness (QED) is 0.0367. The van der Waals surface area contributed by atoms with Crippen LogP contribution in [-0.4, -0.2) is 88.2 Å². The highest BCUT2D eigenvalue weighted by Crippen LogP contribution is 2.33. The van der Waals surface area contributed by atoms with E-state index in [0.29, 0.717) is 5.56 Å². The lowest BCUT2D eigenvalue weighted by Crippen LogP contribution is -2.59. The van der Waals surface area contributed by atoms with Gasteiger partial charge in [-0.05, 0) is 52.7 Å². The zero-order valence-electron chi connectivity index (χ0n) is 27.9. The number of rotatable bonds is 16. The molecule has 1 saturated heterocycles. The number of carbonyl (C=O) groups excluding carboxylic acids is 5. The standard InChI is InChI=1S/C31H35N5O15/c1-17-25(47-18(2)37)27(48-19(3)38)29(50-26(17)28(39)43-4)51-30(40)34-23-10-5-20(15-24(23)45-14-13-44-12-11-33-36-32)16-46-31(41)49-22-8-6-21(35-42)7-9-22/h5-10,15,17,25-27,29H,11-14,16H2,1-4H3,(H,34,40)/t17-,25-,26?,27+,29-/m0/s1. The first kappa shape index (κ1) is 39.5. The van der Waals surface area contributed by atoms with Crippen molar-refractivity contribution in [1.82, 2.24) is 0 Å². The Bertz CT molecular complexity index is 1600. The number of nitrogens with one attached hydrogen (secondary N) is 1. The second kappa shape index (κ2) is 19.9. The van der Waals surface area contributed by atoms with Gasteiger partial charge in [-0.25, -0.2) is 14.4 Å². The molecule has 0 bridgehead atoms. The van der Waals surface area contributed by atoms with E-state index in [0.717, 1.165) is 21.0 Å². The normalized spacial score (nSPS) is 19.3. The van der Waals surface area contributed by atoms with Gasteiger partial charge in [0.2, 0.25) is 12.4 Å². The fourth-order valence-corrected chi connectivity index (χ4v) is 4.56. The predicted molar refractivity (Wildman–Crippen MR) is 171 cm³/mol. The number of nitrogens with zero attached hydrogens (tertiary/aromatic N) is 4. The lowest BCUT2D eigenvalue weighted by atomic mass is 9.90. The summed E-state index contributed by atoms with van der Waals surface area (Å²) >= 11 is 0. The number of esters is 3. The maximum Gasteiger partial charge on any atom is 0.514 e. The Labute approximate surface area is 290 Å². The maximum absolute atomic E-state index is 13.2. The highest BCUT2D eigenvalue weighted by atomic mass is 16.7. The van der Waals surface area contributed by atoms with Gasteiger partial charge in [0.1, 0.15) is 30.4 Å². The molecular weight excluding hydrogens is 682 g/mol. The van der Waals surface area contributed by atoms with Crippen LogP contribution in [-0.2, 0) is 54.1 Å². The lowest BCUT2D eigenvalue weighted by molar-refractivity contribution is -0.272. The van der Waals surface area contributed by atoms with E-state index in [2.05, 4.69) is 20.5 Å². The van der Waals surface area contributed by atoms with Crippen LogP contribution in [0.5, 0.6) is 11.5 Å². The Balaban J connectivity index is 1.77. The Morgan fingerprint density at radius 1 is 0.941 bits per heavy atom. The van der Waals surface area contributed by atoms with Crippen molar-refractivity contribution in [3.8, 4) is 11.5 Å². The number of hydrogen-bond donors (Lipinski definition) is 1. The molecule has 0 spiro atoms. The number of amides is 1. The van der Waals surface area contributed by atoms with Crippen molar-refractivity contribution in [1.29, 1.82) is 0 Å². The Morgan fingerprint density at radius 2 is 1.65 bits per heavy atom. The van der Waals surface area contributed by atoms with E-state index >= 15 is 0 Å². The minimum absolute atomic E-state index is 0.0407. The second-order valence-corrected chi connectivity index (χ2v) is 10.5. The smallest absolute Gasteiger partial charge is 0.489 e. The van der Waals surface area contributed by atoms with Crippen LogP contribution in [0.1, 0.15) is 26.3 Å². The molecular formula is C31H35N5O15. The average Bonchev–Trinajstić information content (AvgIpc) is 3.10. The van der Waals surface area contributed by atoms with Gasteiger partial charge < -0.3 is 42.6 Å². The first-order chi connectivity index (χ1) is 24.4. The average molecular weight is 718 g/mol. The van der Waals surface area contributed by atoms with Crippen molar-refractivity contribution in [3.05, 3.63) is 63.4 Å². The summed E-state index contributed by atoms with van der Waals surface area (Å²) in [5, 5.41) is 8.60. The minimum Gasteiger partial charge on any atom is -0.489 e. The van der Waals surface area contributed by atoms with Crippen LogP contribution in [0.4, 0.5) is 21.0 Å². The van der Waals surface area contributed by atoms with Crippen LogP contribution in [0.2, 0.25) is 0 Å². The second-order valence-electron chi connectivity index (χ2n) is 10.5. The number of azide groups is 1. The number of benzene rings is 2. The number of hydrogen-bond acceptors (Lipinski definition) is 17. The molecule has 5 atom stereocenters. The third-order valence-electron chi connectivity index (χ3n) is 6.80. The van der Waals surface area contributed by atoms with Crippen LogP contribution in [0.15, 0.2) is 52.8 Å². The Morgan fingerprint density at radius 3 is 2.29 bits per heavy atom. The summed E-state index contributed by atoms with van der Waals surface area (Å²) in [6, 6.07) is 9.75. The SMILES string of the molecule is COC(=O)C1O[C@@H](OC(=O)Nc2ccc(COC(=O)Oc3ccc(N=O)cc3)cc2OCCOCCN=[N+]=[N-])[C@H](OC(C)=O)[C@@H](OC(C)=O)[C@@H]1C. The van der Waals surface area contributed by atoms with E-state index < -0.39 is 60.7 Å². The molecule has 1 N–H and O–H groups in total. The molecule has 3 rings (SSSR count). The number of methoxy groups -OCH3 is 1. The zero-order chi connectivity index (χ0) is 37.3. The molecule has 1 aliphatic heterocycles. The Hall–Kier alpha value is -5.98. The van der Waals surface area contributed by atoms with E-state index in [1.807, 2.05) is 0 Å². The molecule has 0 aromatic heterocycles. The van der Waals surface area contributed by atoms with Gasteiger partial charge >= 0.3 is 30.2 Å². The van der Waals surface area contributed by atoms with E-state index in [1.165, 1.54) is 49.4 Å². The van der Waals surface area contributed by atoms with E-state index in [4.69, 9.17) is 48.2 Å². The van der Waals surface area contributed by atoms with Crippen LogP contribution in [0.3, 0.4) is 0 Å². The van der Waals surface area contributed by atoms with E-state index in [1.54, 1.807) is 0 Å². The summed E-state index contributed by atoms with van der Waals surface area (Å²) in [7, 11) is 1.11. The first-order valence-corrected chi connectivity index (χ1v) is 15.1. The highest BCUT2D eigenvalue weighted by molar-refractivity contribution is 5.87. The van der Waals surface area contributed by atoms with Gasteiger partial charge in [0.15, 0.2) is 12.2 Å². The summed E-state index contributed by atoms with van der Waals surface area (Å²) in [6.45, 7) is 3.64. The van der Waals surface area contributed by atoms with E-state index in [-0.39, 0.29) is 55.8 Å². The maximum atomic E-state index is 13.2. The fraction of sp³-hybridized carbons (Fsp3) is 0.452. The third kappa shape index (κ3) is 12.4. The minimum atomic E-state index is -1.74. The van der Waals surface area contributed by atoms with Crippen molar-refractivity contribution in [2.75, 3.05) is 38.8 Å². The fourth-order valence-electron chi connectivity index (χ4n) is 4.56. The number of carbonyl (C=O) groups is 5. The molecule has 2 aromatic carbocycles. The molecule has 20 heteroatoms. The van der Waals surface area contributed by atoms with Crippen LogP contribution < -0.4 is 14.8 Å². The molecule has 1 fully saturated rings. The predicted octanol–water partition coefficient (Wildman–Crippen LogP) is 4.45. The van der Waals surface area contributed by atoms with Gasteiger partial charge in [-0.2, -0.15) is 0 Å². The lowest BCUT2D eigenvalue weighted by Gasteiger charge is -2.42. The number of nitroso groups, excluding NO2 is 1. The van der Waals surface area contributed by atoms with Crippen LogP contribution in [0.25, 0.3) is 10.4 Å². The van der Waals surface area contributed by atoms with Gasteiger partial charge in [0.05, 0.1) is 26.0 Å². The van der Waals surface area contributed by atoms with Crippen molar-refractivity contribution >= 4 is 41.5 Å². The molecule has 1 amide bonds. The molecule has 1 heterocycles. The summed E-state index contributed by atoms with van der Waals surface area (Å²) < 4.78 is 47.9. The van der Waals surface area contributed by atoms with Gasteiger partial charge in [-0.15, -0.1) is 4.91 Å². The molecule has 0 aliphatic carbocycles. The molecule has 2 aromatic rings. The molecule has 51 heavy (non-hydrogen) atoms. The molecule has 0 saturated carbocycles. The largest absolute Gasteiger partial charge is 0.514 e. The molecule has 1 unspecified atom stereocenters. The topological polar surface area (TPSA) is 259 Å². The van der Waals surface area contributed by atoms with Crippen LogP contribution >= 0.6 is 0 Å².